The third kappa shape index (κ3) is 23.9. The Hall–Kier alpha value is -8.11. The van der Waals surface area contributed by atoms with E-state index in [2.05, 4.69) is 31.9 Å². The van der Waals surface area contributed by atoms with Crippen molar-refractivity contribution < 1.29 is 80.5 Å². The van der Waals surface area contributed by atoms with Crippen molar-refractivity contribution in [1.82, 2.24) is 46.2 Å². The zero-order valence-electron chi connectivity index (χ0n) is 58.1. The molecule has 2 aromatic rings. The van der Waals surface area contributed by atoms with Crippen molar-refractivity contribution in [1.29, 1.82) is 0 Å². The molecule has 96 heavy (non-hydrogen) atoms. The van der Waals surface area contributed by atoms with Gasteiger partial charge in [0.05, 0.1) is 49.2 Å². The Morgan fingerprint density at radius 2 is 1.35 bits per heavy atom. The molecule has 2 heterocycles. The summed E-state index contributed by atoms with van der Waals surface area (Å²) in [5, 5.41) is 16.4. The van der Waals surface area contributed by atoms with E-state index in [9.17, 15) is 61.5 Å². The van der Waals surface area contributed by atoms with Gasteiger partial charge in [0.2, 0.25) is 41.4 Å². The lowest BCUT2D eigenvalue weighted by atomic mass is 9.89. The van der Waals surface area contributed by atoms with Crippen LogP contribution in [0.4, 0.5) is 24.1 Å². The summed E-state index contributed by atoms with van der Waals surface area (Å²) < 4.78 is 52.6. The molecule has 0 aromatic heterocycles. The number of likely N-dealkylation sites (tertiary alicyclic amines) is 1. The van der Waals surface area contributed by atoms with E-state index in [1.54, 1.807) is 58.9 Å². The van der Waals surface area contributed by atoms with Gasteiger partial charge < -0.3 is 66.4 Å². The molecule has 0 saturated carbocycles. The van der Waals surface area contributed by atoms with Gasteiger partial charge in [-0.1, -0.05) is 93.4 Å². The van der Waals surface area contributed by atoms with Crippen LogP contribution in [0.1, 0.15) is 131 Å². The molecular weight excluding hydrogens is 1250 g/mol. The van der Waals surface area contributed by atoms with Gasteiger partial charge in [-0.2, -0.15) is 0 Å². The molecule has 0 radical (unpaired) electrons. The molecule has 11 atom stereocenters. The SMILES string of the molecule is CC[C@H](C)C([C@@H](CC(=O)N1C[C@@H](OC(=O)OCc2ccc(NC(=O)C(CCCNC(N)=O)NC(=O)[C@@H](NC(=O)CCCCCN3C(=O)C=CC3=O)C(C)C)cc2)C[C@H]1[C@H](OC)[C@@H](C)C(=O)NCCc1c(F)cccc1F)OC)N(C)C(=O)[C@@H](NC(=O)[C@H](C(C)C)N(C)C)C(C)C. The Balaban J connectivity index is 1.49. The molecular formula is C68H103F2N11O15. The van der Waals surface area contributed by atoms with E-state index >= 15 is 0 Å². The third-order valence-corrected chi connectivity index (χ3v) is 17.6. The number of methoxy groups -OCH3 is 2. The highest BCUT2D eigenvalue weighted by atomic mass is 19.1. The van der Waals surface area contributed by atoms with Crippen molar-refractivity contribution in [2.45, 2.75) is 188 Å². The molecule has 0 aliphatic carbocycles. The number of anilines is 1. The number of primary amides is 1. The first-order valence-electron chi connectivity index (χ1n) is 33.0. The minimum Gasteiger partial charge on any atom is -0.429 e. The van der Waals surface area contributed by atoms with E-state index in [-0.39, 0.29) is 118 Å². The Labute approximate surface area is 562 Å². The number of nitrogens with zero attached hydrogens (tertiary/aromatic N) is 4. The van der Waals surface area contributed by atoms with Crippen LogP contribution in [0, 0.1) is 41.2 Å². The third-order valence-electron chi connectivity index (χ3n) is 17.6. The standard InChI is InChI=1S/C68H103F2N11O15/c1-15-42(8)60(79(12)66(90)58(40(4)5)77-65(89)59(41(6)7)78(10)11)52(93-13)36-56(85)81-37-46(35-51(81)61(94-14)43(9)62(86)72-33-31-47-48(69)21-19-22-49(47)70)96-68(92)95-38-44-25-27-45(28-26-44)74-63(87)50(23-20-32-73-67(71)91)75-64(88)57(39(2)3)76-53(82)24-17-16-18-34-80-54(83)29-30-55(80)84/h19,21-22,25-30,39-43,46,50-52,57-61H,15-18,20,23-24,31-38H2,1-14H3,(H,72,86)(H,74,87)(H,75,88)(H,76,82)(H,77,89)(H3,71,73,91)/t42-,43+,46-,50?,51-,52+,57-,58-,59-,60?,61+/m0/s1. The fourth-order valence-corrected chi connectivity index (χ4v) is 12.2. The van der Waals surface area contributed by atoms with E-state index in [1.165, 1.54) is 54.4 Å². The van der Waals surface area contributed by atoms with Crippen molar-refractivity contribution in [2.24, 2.45) is 35.3 Å². The maximum Gasteiger partial charge on any atom is 0.508 e. The van der Waals surface area contributed by atoms with Crippen LogP contribution in [0.15, 0.2) is 54.6 Å². The lowest BCUT2D eigenvalue weighted by molar-refractivity contribution is -0.148. The number of imide groups is 1. The van der Waals surface area contributed by atoms with Gasteiger partial charge in [-0.15, -0.1) is 0 Å². The van der Waals surface area contributed by atoms with Crippen molar-refractivity contribution in [3.8, 4) is 0 Å². The Morgan fingerprint density at radius 3 is 1.92 bits per heavy atom. The van der Waals surface area contributed by atoms with Crippen LogP contribution >= 0.6 is 0 Å². The molecule has 0 bridgehead atoms. The first-order valence-corrected chi connectivity index (χ1v) is 33.0. The number of carbonyl (C=O) groups is 11. The summed E-state index contributed by atoms with van der Waals surface area (Å²) in [6.45, 7) is 16.1. The molecule has 8 N–H and O–H groups in total. The predicted molar refractivity (Wildman–Crippen MR) is 354 cm³/mol. The van der Waals surface area contributed by atoms with Gasteiger partial charge in [0.15, 0.2) is 0 Å². The summed E-state index contributed by atoms with van der Waals surface area (Å²) in [4.78, 5) is 152. The first kappa shape index (κ1) is 80.3. The second kappa shape index (κ2) is 39.2. The van der Waals surface area contributed by atoms with Gasteiger partial charge >= 0.3 is 12.2 Å². The minimum atomic E-state index is -1.14. The fourth-order valence-electron chi connectivity index (χ4n) is 12.2. The van der Waals surface area contributed by atoms with Crippen LogP contribution in [0.5, 0.6) is 0 Å². The van der Waals surface area contributed by atoms with Crippen LogP contribution in [0.25, 0.3) is 0 Å². The van der Waals surface area contributed by atoms with Crippen molar-refractivity contribution >= 4 is 71.0 Å². The van der Waals surface area contributed by atoms with E-state index in [0.717, 1.165) is 17.0 Å². The topological polar surface area (TPSA) is 336 Å². The van der Waals surface area contributed by atoms with Crippen LogP contribution in [-0.2, 0) is 75.1 Å². The highest BCUT2D eigenvalue weighted by Crippen LogP contribution is 2.32. The van der Waals surface area contributed by atoms with E-state index < -0.39 is 120 Å². The summed E-state index contributed by atoms with van der Waals surface area (Å²) in [6, 6.07) is 3.72. The number of hydrogen-bond acceptors (Lipinski definition) is 16. The Kier molecular flexibility index (Phi) is 32.8. The smallest absolute Gasteiger partial charge is 0.429 e. The molecule has 26 nitrogen and oxygen atoms in total. The average Bonchev–Trinajstić information content (AvgIpc) is 1.57. The Bertz CT molecular complexity index is 2960. The van der Waals surface area contributed by atoms with Gasteiger partial charge in [0.25, 0.3) is 11.8 Å². The molecule has 11 amide bonds. The molecule has 1 saturated heterocycles. The zero-order chi connectivity index (χ0) is 71.7. The van der Waals surface area contributed by atoms with Crippen molar-refractivity contribution in [2.75, 3.05) is 66.9 Å². The number of carbonyl (C=O) groups excluding carboxylic acids is 11. The maximum absolute atomic E-state index is 15.0. The number of nitrogens with one attached hydrogen (secondary N) is 6. The Morgan fingerprint density at radius 1 is 0.719 bits per heavy atom. The van der Waals surface area contributed by atoms with Gasteiger partial charge in [0, 0.05) is 77.1 Å². The van der Waals surface area contributed by atoms with Crippen molar-refractivity contribution in [3.63, 3.8) is 0 Å². The molecule has 2 aromatic carbocycles. The molecule has 2 aliphatic heterocycles. The number of rotatable bonds is 39. The summed E-state index contributed by atoms with van der Waals surface area (Å²) >= 11 is 0. The predicted octanol–water partition coefficient (Wildman–Crippen LogP) is 5.10. The van der Waals surface area contributed by atoms with E-state index in [4.69, 9.17) is 24.7 Å². The van der Waals surface area contributed by atoms with Gasteiger partial charge in [-0.05, 0) is 99.7 Å². The van der Waals surface area contributed by atoms with Crippen molar-refractivity contribution in [3.05, 3.63) is 77.4 Å². The van der Waals surface area contributed by atoms with Crippen LogP contribution in [0.2, 0.25) is 0 Å². The molecule has 2 unspecified atom stereocenters. The number of urea groups is 1. The number of nitrogens with two attached hydrogens (primary N) is 1. The number of likely N-dealkylation sites (N-methyl/N-ethyl adjacent to an activating group) is 2. The molecule has 0 spiro atoms. The van der Waals surface area contributed by atoms with Gasteiger partial charge in [-0.3, -0.25) is 53.0 Å². The summed E-state index contributed by atoms with van der Waals surface area (Å²) in [5.41, 5.74) is 5.81. The summed E-state index contributed by atoms with van der Waals surface area (Å²) in [7, 11) is 8.02. The monoisotopic (exact) mass is 1350 g/mol. The molecule has 4 rings (SSSR count). The van der Waals surface area contributed by atoms with Crippen LogP contribution < -0.4 is 37.6 Å². The number of amides is 11. The summed E-state index contributed by atoms with van der Waals surface area (Å²) in [5.74, 6) is -7.65. The highest BCUT2D eigenvalue weighted by molar-refractivity contribution is 6.12. The second-order valence-corrected chi connectivity index (χ2v) is 26.0. The number of ether oxygens (including phenoxy) is 4. The lowest BCUT2D eigenvalue weighted by Crippen LogP contribution is -2.59. The quantitative estimate of drug-likeness (QED) is 0.0260. The van der Waals surface area contributed by atoms with E-state index in [0.29, 0.717) is 36.9 Å². The van der Waals surface area contributed by atoms with E-state index in [1.807, 2.05) is 41.5 Å². The van der Waals surface area contributed by atoms with Gasteiger partial charge in [-0.25, -0.2) is 18.4 Å². The first-order chi connectivity index (χ1) is 45.3. The fraction of sp³-hybridized carbons (Fsp3) is 0.632. The zero-order valence-corrected chi connectivity index (χ0v) is 58.1. The molecule has 1 fully saturated rings. The normalized spacial score (nSPS) is 17.5. The van der Waals surface area contributed by atoms with Crippen LogP contribution in [-0.4, -0.2) is 201 Å². The number of halogens is 2. The maximum atomic E-state index is 15.0. The number of hydrogen-bond donors (Lipinski definition) is 7. The average molecular weight is 1350 g/mol. The van der Waals surface area contributed by atoms with Crippen LogP contribution in [0.3, 0.4) is 0 Å². The summed E-state index contributed by atoms with van der Waals surface area (Å²) in [6.07, 6.45) is 0.303. The number of unbranched alkanes of at least 4 members (excludes halogenated alkanes) is 2. The molecule has 28 heteroatoms. The lowest BCUT2D eigenvalue weighted by Gasteiger charge is -2.41. The minimum absolute atomic E-state index is 0.0265. The van der Waals surface area contributed by atoms with Gasteiger partial charge in [0.1, 0.15) is 42.5 Å². The highest BCUT2D eigenvalue weighted by Gasteiger charge is 2.47. The molecule has 2 aliphatic rings. The molecule has 534 valence electrons. The number of benzene rings is 2. The largest absolute Gasteiger partial charge is 0.508 e. The second-order valence-electron chi connectivity index (χ2n) is 26.0.